The van der Waals surface area contributed by atoms with Gasteiger partial charge in [0.05, 0.1) is 6.61 Å². The van der Waals surface area contributed by atoms with Gasteiger partial charge in [0.15, 0.2) is 0 Å². The molecule has 6 heteroatoms. The number of ether oxygens (including phenoxy) is 1. The molecule has 0 aliphatic carbocycles. The molecule has 0 aliphatic rings. The van der Waals surface area contributed by atoms with Gasteiger partial charge in [0.2, 0.25) is 0 Å². The Kier molecular flexibility index (Phi) is 4.83. The highest BCUT2D eigenvalue weighted by Crippen LogP contribution is 2.41. The summed E-state index contributed by atoms with van der Waals surface area (Å²) < 4.78 is 20.0. The molecule has 1 amide bonds. The molecule has 0 unspecified atom stereocenters. The maximum atomic E-state index is 14.2. The minimum atomic E-state index is -0.366. The van der Waals surface area contributed by atoms with Crippen LogP contribution in [0.15, 0.2) is 54.7 Å². The Bertz CT molecular complexity index is 1130. The third-order valence-electron chi connectivity index (χ3n) is 4.36. The summed E-state index contributed by atoms with van der Waals surface area (Å²) in [5.41, 5.74) is 2.07. The molecule has 0 radical (unpaired) electrons. The number of rotatable bonds is 5. The quantitative estimate of drug-likeness (QED) is 0.514. The van der Waals surface area contributed by atoms with Gasteiger partial charge in [-0.25, -0.2) is 4.39 Å². The van der Waals surface area contributed by atoms with E-state index in [0.29, 0.717) is 28.9 Å². The number of thiophene rings is 1. The van der Waals surface area contributed by atoms with Crippen LogP contribution in [-0.2, 0) is 4.74 Å². The van der Waals surface area contributed by atoms with Crippen molar-refractivity contribution in [2.75, 3.05) is 20.3 Å². The largest absolute Gasteiger partial charge is 0.383 e. The molecule has 1 N–H and O–H groups in total. The molecule has 2 aromatic heterocycles. The molecule has 2 heterocycles. The van der Waals surface area contributed by atoms with Crippen LogP contribution in [0.1, 0.15) is 9.67 Å². The number of nitrogens with zero attached hydrogens (tertiary/aromatic N) is 1. The van der Waals surface area contributed by atoms with E-state index < -0.39 is 0 Å². The van der Waals surface area contributed by atoms with Crippen molar-refractivity contribution in [2.24, 2.45) is 0 Å². The number of pyridine rings is 1. The third kappa shape index (κ3) is 3.18. The third-order valence-corrected chi connectivity index (χ3v) is 5.60. The average molecular weight is 380 g/mol. The predicted octanol–water partition coefficient (Wildman–Crippen LogP) is 4.63. The lowest BCUT2D eigenvalue weighted by atomic mass is 10.0. The minimum Gasteiger partial charge on any atom is -0.383 e. The number of nitrogens with one attached hydrogen (secondary N) is 1. The molecule has 0 aliphatic heterocycles. The van der Waals surface area contributed by atoms with Crippen LogP contribution in [0.5, 0.6) is 0 Å². The van der Waals surface area contributed by atoms with Gasteiger partial charge in [0.1, 0.15) is 16.2 Å². The van der Waals surface area contributed by atoms with Crippen molar-refractivity contribution in [3.63, 3.8) is 0 Å². The summed E-state index contributed by atoms with van der Waals surface area (Å²) in [6.45, 7) is 0.860. The van der Waals surface area contributed by atoms with Gasteiger partial charge in [-0.1, -0.05) is 42.5 Å². The Labute approximate surface area is 159 Å². The molecule has 27 heavy (non-hydrogen) atoms. The first-order chi connectivity index (χ1) is 13.2. The van der Waals surface area contributed by atoms with Crippen molar-refractivity contribution in [1.82, 2.24) is 10.3 Å². The monoisotopic (exact) mass is 380 g/mol. The van der Waals surface area contributed by atoms with Crippen LogP contribution in [0.3, 0.4) is 0 Å². The molecular weight excluding hydrogens is 363 g/mol. The van der Waals surface area contributed by atoms with Gasteiger partial charge in [-0.05, 0) is 11.6 Å². The zero-order valence-corrected chi connectivity index (χ0v) is 15.5. The smallest absolute Gasteiger partial charge is 0.262 e. The summed E-state index contributed by atoms with van der Waals surface area (Å²) in [5, 5.41) is 4.44. The number of fused-ring (bicyclic) bond motifs is 3. The molecule has 0 saturated carbocycles. The zero-order valence-electron chi connectivity index (χ0n) is 14.7. The van der Waals surface area contributed by atoms with E-state index in [1.54, 1.807) is 19.4 Å². The van der Waals surface area contributed by atoms with E-state index in [2.05, 4.69) is 10.3 Å². The maximum absolute atomic E-state index is 14.2. The Balaban J connectivity index is 1.96. The van der Waals surface area contributed by atoms with Crippen LogP contribution < -0.4 is 5.32 Å². The molecule has 0 atom stereocenters. The van der Waals surface area contributed by atoms with Crippen molar-refractivity contribution in [2.45, 2.75) is 0 Å². The first-order valence-corrected chi connectivity index (χ1v) is 9.34. The number of aromatic nitrogens is 1. The zero-order chi connectivity index (χ0) is 18.8. The standard InChI is InChI=1S/C21H17FN2O2S/c1-26-11-10-23-21(25)20-17(13-6-3-2-4-7-13)15-12-24-18-14(19(15)27-20)8-5-9-16(18)22/h2-9,12H,10-11H2,1H3,(H,23,25). The van der Waals surface area contributed by atoms with Gasteiger partial charge in [-0.15, -0.1) is 11.3 Å². The van der Waals surface area contributed by atoms with Gasteiger partial charge < -0.3 is 10.1 Å². The van der Waals surface area contributed by atoms with E-state index in [1.807, 2.05) is 36.4 Å². The van der Waals surface area contributed by atoms with Gasteiger partial charge in [0.25, 0.3) is 5.91 Å². The second-order valence-electron chi connectivity index (χ2n) is 6.06. The number of para-hydroxylation sites is 1. The summed E-state index contributed by atoms with van der Waals surface area (Å²) in [5.74, 6) is -0.535. The summed E-state index contributed by atoms with van der Waals surface area (Å²) in [7, 11) is 1.59. The number of carbonyl (C=O) groups excluding carboxylic acids is 1. The van der Waals surface area contributed by atoms with Crippen molar-refractivity contribution in [1.29, 1.82) is 0 Å². The highest BCUT2D eigenvalue weighted by Gasteiger charge is 2.21. The van der Waals surface area contributed by atoms with E-state index in [-0.39, 0.29) is 11.7 Å². The maximum Gasteiger partial charge on any atom is 0.262 e. The normalized spacial score (nSPS) is 11.2. The molecular formula is C21H17FN2O2S. The Morgan fingerprint density at radius 1 is 1.15 bits per heavy atom. The molecule has 136 valence electrons. The van der Waals surface area contributed by atoms with Gasteiger partial charge >= 0.3 is 0 Å². The highest BCUT2D eigenvalue weighted by molar-refractivity contribution is 7.22. The average Bonchev–Trinajstić information content (AvgIpc) is 3.09. The lowest BCUT2D eigenvalue weighted by Crippen LogP contribution is -2.26. The molecule has 4 aromatic rings. The molecule has 0 saturated heterocycles. The first kappa shape index (κ1) is 17.6. The van der Waals surface area contributed by atoms with E-state index in [9.17, 15) is 9.18 Å². The number of hydrogen-bond acceptors (Lipinski definition) is 4. The van der Waals surface area contributed by atoms with Gasteiger partial charge in [-0.2, -0.15) is 0 Å². The van der Waals surface area contributed by atoms with Crippen LogP contribution in [0.4, 0.5) is 4.39 Å². The second-order valence-corrected chi connectivity index (χ2v) is 7.08. The number of amides is 1. The fourth-order valence-corrected chi connectivity index (χ4v) is 4.36. The summed E-state index contributed by atoms with van der Waals surface area (Å²) in [6.07, 6.45) is 1.66. The molecule has 0 bridgehead atoms. The number of carbonyl (C=O) groups is 1. The van der Waals surface area contributed by atoms with Gasteiger partial charge in [0, 0.05) is 40.9 Å². The SMILES string of the molecule is COCCNC(=O)c1sc2c(cnc3c(F)cccc32)c1-c1ccccc1. The topological polar surface area (TPSA) is 51.2 Å². The molecule has 0 fully saturated rings. The molecule has 4 nitrogen and oxygen atoms in total. The lowest BCUT2D eigenvalue weighted by molar-refractivity contribution is 0.0942. The number of benzene rings is 2. The lowest BCUT2D eigenvalue weighted by Gasteiger charge is -2.06. The fourth-order valence-electron chi connectivity index (χ4n) is 3.12. The molecule has 2 aromatic carbocycles. The number of halogens is 1. The number of methoxy groups -OCH3 is 1. The second kappa shape index (κ2) is 7.42. The minimum absolute atomic E-state index is 0.170. The van der Waals surface area contributed by atoms with Crippen LogP contribution >= 0.6 is 11.3 Å². The Morgan fingerprint density at radius 3 is 2.74 bits per heavy atom. The van der Waals surface area contributed by atoms with Crippen LogP contribution in [0.2, 0.25) is 0 Å². The van der Waals surface area contributed by atoms with Crippen LogP contribution in [0, 0.1) is 5.82 Å². The van der Waals surface area contributed by atoms with Crippen LogP contribution in [-0.4, -0.2) is 31.2 Å². The summed E-state index contributed by atoms with van der Waals surface area (Å²) >= 11 is 1.36. The molecule has 4 rings (SSSR count). The van der Waals surface area contributed by atoms with E-state index in [0.717, 1.165) is 21.2 Å². The van der Waals surface area contributed by atoms with Crippen LogP contribution in [0.25, 0.3) is 32.1 Å². The molecule has 0 spiro atoms. The summed E-state index contributed by atoms with van der Waals surface area (Å²) in [6, 6.07) is 14.6. The Morgan fingerprint density at radius 2 is 1.96 bits per heavy atom. The number of hydrogen-bond donors (Lipinski definition) is 1. The van der Waals surface area contributed by atoms with Crippen molar-refractivity contribution >= 4 is 38.2 Å². The fraction of sp³-hybridized carbons (Fsp3) is 0.143. The van der Waals surface area contributed by atoms with Gasteiger partial charge in [-0.3, -0.25) is 9.78 Å². The Hall–Kier alpha value is -2.83. The summed E-state index contributed by atoms with van der Waals surface area (Å²) in [4.78, 5) is 17.7. The highest BCUT2D eigenvalue weighted by atomic mass is 32.1. The van der Waals surface area contributed by atoms with Crippen molar-refractivity contribution < 1.29 is 13.9 Å². The van der Waals surface area contributed by atoms with E-state index >= 15 is 0 Å². The van der Waals surface area contributed by atoms with E-state index in [1.165, 1.54) is 17.4 Å². The predicted molar refractivity (Wildman–Crippen MR) is 107 cm³/mol. The first-order valence-electron chi connectivity index (χ1n) is 8.53. The van der Waals surface area contributed by atoms with Crippen molar-refractivity contribution in [3.8, 4) is 11.1 Å². The van der Waals surface area contributed by atoms with Crippen molar-refractivity contribution in [3.05, 3.63) is 65.4 Å². The van der Waals surface area contributed by atoms with E-state index in [4.69, 9.17) is 4.74 Å².